The van der Waals surface area contributed by atoms with Crippen molar-refractivity contribution in [2.75, 3.05) is 32.7 Å². The van der Waals surface area contributed by atoms with Crippen LogP contribution in [0, 0.1) is 0 Å². The number of imide groups is 1. The Hall–Kier alpha value is -1.79. The van der Waals surface area contributed by atoms with Crippen molar-refractivity contribution in [3.05, 3.63) is 30.1 Å². The van der Waals surface area contributed by atoms with Gasteiger partial charge in [0.15, 0.2) is 0 Å². The van der Waals surface area contributed by atoms with Crippen molar-refractivity contribution in [3.63, 3.8) is 0 Å². The standard InChI is InChI=1S/C15H20N4O2/c20-14-3-4-15(21)19(14)9-8-18-7-6-17-11-13(18)12-2-1-5-16-10-12/h1-2,5,10,13,17H,3-4,6-9,11H2. The molecular formula is C15H20N4O2. The maximum absolute atomic E-state index is 11.7. The Labute approximate surface area is 124 Å². The Balaban J connectivity index is 1.65. The van der Waals surface area contributed by atoms with Crippen LogP contribution in [0.2, 0.25) is 0 Å². The van der Waals surface area contributed by atoms with Crippen LogP contribution in [0.3, 0.4) is 0 Å². The molecule has 2 aliphatic rings. The molecule has 0 bridgehead atoms. The molecule has 2 fully saturated rings. The third kappa shape index (κ3) is 3.11. The molecule has 1 aromatic heterocycles. The number of piperazine rings is 1. The van der Waals surface area contributed by atoms with Gasteiger partial charge >= 0.3 is 0 Å². The largest absolute Gasteiger partial charge is 0.314 e. The average molecular weight is 288 g/mol. The molecule has 21 heavy (non-hydrogen) atoms. The fraction of sp³-hybridized carbons (Fsp3) is 0.533. The molecule has 6 heteroatoms. The minimum absolute atomic E-state index is 0.0342. The molecule has 0 aliphatic carbocycles. The quantitative estimate of drug-likeness (QED) is 0.801. The number of carbonyl (C=O) groups excluding carboxylic acids is 2. The predicted molar refractivity (Wildman–Crippen MR) is 77.4 cm³/mol. The van der Waals surface area contributed by atoms with Gasteiger partial charge in [-0.2, -0.15) is 0 Å². The first-order valence-corrected chi connectivity index (χ1v) is 7.43. The SMILES string of the molecule is O=C1CCC(=O)N1CCN1CCNCC1c1cccnc1. The molecule has 2 aliphatic heterocycles. The highest BCUT2D eigenvalue weighted by Gasteiger charge is 2.30. The summed E-state index contributed by atoms with van der Waals surface area (Å²) in [6.07, 6.45) is 4.39. The number of hydrogen-bond acceptors (Lipinski definition) is 5. The molecule has 2 saturated heterocycles. The highest BCUT2D eigenvalue weighted by Crippen LogP contribution is 2.21. The zero-order valence-electron chi connectivity index (χ0n) is 12.0. The first-order chi connectivity index (χ1) is 10.3. The molecular weight excluding hydrogens is 268 g/mol. The minimum Gasteiger partial charge on any atom is -0.314 e. The summed E-state index contributed by atoms with van der Waals surface area (Å²) in [5, 5.41) is 3.39. The number of nitrogens with one attached hydrogen (secondary N) is 1. The van der Waals surface area contributed by atoms with Gasteiger partial charge in [0, 0.05) is 64.0 Å². The molecule has 0 saturated carbocycles. The molecule has 2 amide bonds. The third-order valence-electron chi connectivity index (χ3n) is 4.19. The van der Waals surface area contributed by atoms with Gasteiger partial charge in [-0.05, 0) is 11.6 Å². The van der Waals surface area contributed by atoms with Crippen LogP contribution in [-0.4, -0.2) is 59.3 Å². The summed E-state index contributed by atoms with van der Waals surface area (Å²) < 4.78 is 0. The van der Waals surface area contributed by atoms with Crippen molar-refractivity contribution in [2.45, 2.75) is 18.9 Å². The molecule has 3 rings (SSSR count). The van der Waals surface area contributed by atoms with Crippen molar-refractivity contribution >= 4 is 11.8 Å². The molecule has 1 unspecified atom stereocenters. The van der Waals surface area contributed by atoms with Gasteiger partial charge in [0.05, 0.1) is 0 Å². The molecule has 3 heterocycles. The van der Waals surface area contributed by atoms with Gasteiger partial charge in [0.2, 0.25) is 11.8 Å². The Morgan fingerprint density at radius 3 is 2.76 bits per heavy atom. The van der Waals surface area contributed by atoms with E-state index in [2.05, 4.69) is 21.3 Å². The second kappa shape index (κ2) is 6.32. The Bertz CT molecular complexity index is 504. The van der Waals surface area contributed by atoms with Gasteiger partial charge in [-0.15, -0.1) is 0 Å². The Kier molecular flexibility index (Phi) is 4.26. The van der Waals surface area contributed by atoms with Gasteiger partial charge in [-0.25, -0.2) is 0 Å². The van der Waals surface area contributed by atoms with Crippen molar-refractivity contribution in [1.82, 2.24) is 20.1 Å². The molecule has 1 atom stereocenters. The van der Waals surface area contributed by atoms with Crippen molar-refractivity contribution < 1.29 is 9.59 Å². The molecule has 0 radical (unpaired) electrons. The van der Waals surface area contributed by atoms with Gasteiger partial charge in [0.1, 0.15) is 0 Å². The number of amides is 2. The van der Waals surface area contributed by atoms with Gasteiger partial charge in [-0.1, -0.05) is 6.07 Å². The molecule has 112 valence electrons. The van der Waals surface area contributed by atoms with Gasteiger partial charge < -0.3 is 5.32 Å². The fourth-order valence-electron chi connectivity index (χ4n) is 3.02. The maximum Gasteiger partial charge on any atom is 0.229 e. The van der Waals surface area contributed by atoms with E-state index < -0.39 is 0 Å². The lowest BCUT2D eigenvalue weighted by atomic mass is 10.1. The third-order valence-corrected chi connectivity index (χ3v) is 4.19. The monoisotopic (exact) mass is 288 g/mol. The van der Waals surface area contributed by atoms with Crippen molar-refractivity contribution in [2.24, 2.45) is 0 Å². The van der Waals surface area contributed by atoms with Gasteiger partial charge in [0.25, 0.3) is 0 Å². The predicted octanol–water partition coefficient (Wildman–Crippen LogP) is 0.177. The summed E-state index contributed by atoms with van der Waals surface area (Å²) in [5.41, 5.74) is 1.17. The van der Waals surface area contributed by atoms with Crippen LogP contribution in [0.5, 0.6) is 0 Å². The van der Waals surface area contributed by atoms with Crippen LogP contribution in [0.25, 0.3) is 0 Å². The summed E-state index contributed by atoms with van der Waals surface area (Å²) in [7, 11) is 0. The van der Waals surface area contributed by atoms with Crippen molar-refractivity contribution in [1.29, 1.82) is 0 Å². The fourth-order valence-corrected chi connectivity index (χ4v) is 3.02. The highest BCUT2D eigenvalue weighted by atomic mass is 16.2. The first-order valence-electron chi connectivity index (χ1n) is 7.43. The van der Waals surface area contributed by atoms with E-state index in [9.17, 15) is 9.59 Å². The van der Waals surface area contributed by atoms with E-state index in [1.54, 1.807) is 6.20 Å². The van der Waals surface area contributed by atoms with E-state index in [1.165, 1.54) is 10.5 Å². The van der Waals surface area contributed by atoms with E-state index >= 15 is 0 Å². The number of nitrogens with zero attached hydrogens (tertiary/aromatic N) is 3. The maximum atomic E-state index is 11.7. The van der Waals surface area contributed by atoms with Crippen LogP contribution in [0.1, 0.15) is 24.4 Å². The molecule has 0 aromatic carbocycles. The molecule has 1 N–H and O–H groups in total. The van der Waals surface area contributed by atoms with Crippen molar-refractivity contribution in [3.8, 4) is 0 Å². The normalized spacial score (nSPS) is 23.8. The topological polar surface area (TPSA) is 65.5 Å². The van der Waals surface area contributed by atoms with E-state index in [0.717, 1.165) is 26.2 Å². The summed E-state index contributed by atoms with van der Waals surface area (Å²) in [6, 6.07) is 4.26. The van der Waals surface area contributed by atoms with E-state index in [1.807, 2.05) is 12.3 Å². The van der Waals surface area contributed by atoms with Crippen LogP contribution < -0.4 is 5.32 Å². The number of aromatic nitrogens is 1. The van der Waals surface area contributed by atoms with Crippen LogP contribution in [0.15, 0.2) is 24.5 Å². The molecule has 0 spiro atoms. The van der Waals surface area contributed by atoms with Crippen LogP contribution in [0.4, 0.5) is 0 Å². The summed E-state index contributed by atoms with van der Waals surface area (Å²) in [5.74, 6) is -0.0684. The van der Waals surface area contributed by atoms with Gasteiger partial charge in [-0.3, -0.25) is 24.4 Å². The Morgan fingerprint density at radius 1 is 1.24 bits per heavy atom. The number of carbonyl (C=O) groups is 2. The second-order valence-electron chi connectivity index (χ2n) is 5.48. The van der Waals surface area contributed by atoms with E-state index in [-0.39, 0.29) is 17.9 Å². The minimum atomic E-state index is -0.0342. The zero-order chi connectivity index (χ0) is 14.7. The van der Waals surface area contributed by atoms with E-state index in [4.69, 9.17) is 0 Å². The Morgan fingerprint density at radius 2 is 2.05 bits per heavy atom. The average Bonchev–Trinajstić information content (AvgIpc) is 2.85. The lowest BCUT2D eigenvalue weighted by Gasteiger charge is -2.37. The summed E-state index contributed by atoms with van der Waals surface area (Å²) in [4.78, 5) is 31.3. The highest BCUT2D eigenvalue weighted by molar-refractivity contribution is 6.01. The number of likely N-dealkylation sites (tertiary alicyclic amines) is 1. The first kappa shape index (κ1) is 14.2. The number of pyridine rings is 1. The van der Waals surface area contributed by atoms with Crippen LogP contribution >= 0.6 is 0 Å². The molecule has 6 nitrogen and oxygen atoms in total. The lowest BCUT2D eigenvalue weighted by molar-refractivity contribution is -0.138. The number of hydrogen-bond donors (Lipinski definition) is 1. The zero-order valence-corrected chi connectivity index (χ0v) is 12.0. The second-order valence-corrected chi connectivity index (χ2v) is 5.48. The summed E-state index contributed by atoms with van der Waals surface area (Å²) in [6.45, 7) is 3.93. The molecule has 1 aromatic rings. The lowest BCUT2D eigenvalue weighted by Crippen LogP contribution is -2.48. The van der Waals surface area contributed by atoms with Crippen LogP contribution in [-0.2, 0) is 9.59 Å². The van der Waals surface area contributed by atoms with E-state index in [0.29, 0.717) is 19.4 Å². The smallest absolute Gasteiger partial charge is 0.229 e. The summed E-state index contributed by atoms with van der Waals surface area (Å²) >= 11 is 0. The number of rotatable bonds is 4.